The number of nitrogens with one attached hydrogen (secondary N) is 2. The number of hydrogen-bond donors (Lipinski definition) is 3. The second kappa shape index (κ2) is 7.11. The number of hydrogen-bond acceptors (Lipinski definition) is 3. The number of urea groups is 1. The summed E-state index contributed by atoms with van der Waals surface area (Å²) < 4.78 is 5.35. The Kier molecular flexibility index (Phi) is 5.79. The van der Waals surface area contributed by atoms with E-state index in [1.54, 1.807) is 13.8 Å². The molecule has 0 saturated carbocycles. The first-order valence-corrected chi connectivity index (χ1v) is 6.34. The maximum absolute atomic E-state index is 11.8. The van der Waals surface area contributed by atoms with Crippen molar-refractivity contribution >= 4 is 11.7 Å². The van der Waals surface area contributed by atoms with E-state index in [9.17, 15) is 4.79 Å². The third kappa shape index (κ3) is 5.28. The Labute approximate surface area is 114 Å². The zero-order valence-electron chi connectivity index (χ0n) is 11.7. The van der Waals surface area contributed by atoms with Crippen LogP contribution in [-0.2, 0) is 11.3 Å². The molecule has 0 aromatic heterocycles. The van der Waals surface area contributed by atoms with Gasteiger partial charge in [0.05, 0.1) is 18.8 Å². The van der Waals surface area contributed by atoms with Gasteiger partial charge in [0.2, 0.25) is 0 Å². The van der Waals surface area contributed by atoms with Crippen LogP contribution in [0.5, 0.6) is 0 Å². The molecule has 0 radical (unpaired) electrons. The van der Waals surface area contributed by atoms with Gasteiger partial charge in [-0.15, -0.1) is 0 Å². The molecule has 0 bridgehead atoms. The smallest absolute Gasteiger partial charge is 0.319 e. The molecule has 0 heterocycles. The van der Waals surface area contributed by atoms with Crippen LogP contribution in [0.2, 0.25) is 0 Å². The van der Waals surface area contributed by atoms with E-state index in [0.29, 0.717) is 18.9 Å². The van der Waals surface area contributed by atoms with Crippen LogP contribution < -0.4 is 10.6 Å². The molecule has 1 aromatic rings. The van der Waals surface area contributed by atoms with Gasteiger partial charge in [0.25, 0.3) is 0 Å². The monoisotopic (exact) mass is 266 g/mol. The van der Waals surface area contributed by atoms with Gasteiger partial charge in [-0.3, -0.25) is 0 Å². The lowest BCUT2D eigenvalue weighted by Crippen LogP contribution is -2.48. The van der Waals surface area contributed by atoms with Crippen LogP contribution in [0.25, 0.3) is 0 Å². The number of anilines is 1. The van der Waals surface area contributed by atoms with Gasteiger partial charge in [-0.25, -0.2) is 4.79 Å². The maximum Gasteiger partial charge on any atom is 0.319 e. The molecule has 1 rings (SSSR count). The van der Waals surface area contributed by atoms with E-state index in [4.69, 9.17) is 9.84 Å². The van der Waals surface area contributed by atoms with Crippen molar-refractivity contribution in [2.24, 2.45) is 0 Å². The first kappa shape index (κ1) is 15.5. The van der Waals surface area contributed by atoms with Gasteiger partial charge in [-0.2, -0.15) is 0 Å². The Balaban J connectivity index is 2.68. The van der Waals surface area contributed by atoms with Crippen LogP contribution in [0.3, 0.4) is 0 Å². The van der Waals surface area contributed by atoms with Crippen LogP contribution in [0, 0.1) is 0 Å². The van der Waals surface area contributed by atoms with Crippen molar-refractivity contribution in [2.75, 3.05) is 18.5 Å². The summed E-state index contributed by atoms with van der Waals surface area (Å²) in [5, 5.41) is 14.6. The minimum Gasteiger partial charge on any atom is -0.394 e. The molecule has 1 aromatic carbocycles. The Morgan fingerprint density at radius 2 is 2.05 bits per heavy atom. The molecule has 0 fully saturated rings. The molecule has 0 aliphatic carbocycles. The summed E-state index contributed by atoms with van der Waals surface area (Å²) in [4.78, 5) is 11.8. The molecule has 3 N–H and O–H groups in total. The van der Waals surface area contributed by atoms with Crippen LogP contribution in [0.4, 0.5) is 10.5 Å². The summed E-state index contributed by atoms with van der Waals surface area (Å²) in [5.74, 6) is 0. The Morgan fingerprint density at radius 3 is 2.68 bits per heavy atom. The summed E-state index contributed by atoms with van der Waals surface area (Å²) >= 11 is 0. The van der Waals surface area contributed by atoms with Crippen LogP contribution in [-0.4, -0.2) is 29.9 Å². The molecular formula is C14H22N2O3. The van der Waals surface area contributed by atoms with Crippen LogP contribution >= 0.6 is 0 Å². The molecule has 106 valence electrons. The minimum atomic E-state index is -0.654. The average Bonchev–Trinajstić information content (AvgIpc) is 2.37. The molecule has 2 amide bonds. The van der Waals surface area contributed by atoms with Gasteiger partial charge in [-0.05, 0) is 26.8 Å². The van der Waals surface area contributed by atoms with Crippen molar-refractivity contribution < 1.29 is 14.6 Å². The number of carbonyl (C=O) groups excluding carboxylic acids is 1. The SMILES string of the molecule is CCOCc1ccccc1NC(=O)NC(C)(C)CO. The topological polar surface area (TPSA) is 70.6 Å². The molecule has 0 unspecified atom stereocenters. The number of aliphatic hydroxyl groups excluding tert-OH is 1. The fourth-order valence-corrected chi connectivity index (χ4v) is 1.48. The lowest BCUT2D eigenvalue weighted by molar-refractivity contribution is 0.134. The first-order chi connectivity index (χ1) is 8.98. The van der Waals surface area contributed by atoms with Gasteiger partial charge in [0, 0.05) is 17.9 Å². The normalized spacial score (nSPS) is 11.2. The highest BCUT2D eigenvalue weighted by Crippen LogP contribution is 2.16. The van der Waals surface area contributed by atoms with Crippen LogP contribution in [0.1, 0.15) is 26.3 Å². The Morgan fingerprint density at radius 1 is 1.37 bits per heavy atom. The summed E-state index contributed by atoms with van der Waals surface area (Å²) in [6.07, 6.45) is 0. The molecule has 5 heteroatoms. The van der Waals surface area contributed by atoms with E-state index in [2.05, 4.69) is 10.6 Å². The first-order valence-electron chi connectivity index (χ1n) is 6.34. The highest BCUT2D eigenvalue weighted by molar-refractivity contribution is 5.90. The third-order valence-corrected chi connectivity index (χ3v) is 2.57. The number of rotatable bonds is 6. The lowest BCUT2D eigenvalue weighted by atomic mass is 10.1. The number of amides is 2. The number of carbonyl (C=O) groups is 1. The lowest BCUT2D eigenvalue weighted by Gasteiger charge is -2.24. The second-order valence-corrected chi connectivity index (χ2v) is 4.92. The van der Waals surface area contributed by atoms with Gasteiger partial charge in [0.1, 0.15) is 0 Å². The molecule has 0 aliphatic rings. The van der Waals surface area contributed by atoms with Gasteiger partial charge in [0.15, 0.2) is 0 Å². The van der Waals surface area contributed by atoms with E-state index in [1.807, 2.05) is 31.2 Å². The maximum atomic E-state index is 11.8. The van der Waals surface area contributed by atoms with E-state index < -0.39 is 5.54 Å². The van der Waals surface area contributed by atoms with Gasteiger partial charge >= 0.3 is 6.03 Å². The largest absolute Gasteiger partial charge is 0.394 e. The number of para-hydroxylation sites is 1. The summed E-state index contributed by atoms with van der Waals surface area (Å²) in [5.41, 5.74) is 0.974. The van der Waals surface area contributed by atoms with E-state index in [0.717, 1.165) is 5.56 Å². The van der Waals surface area contributed by atoms with E-state index in [-0.39, 0.29) is 12.6 Å². The highest BCUT2D eigenvalue weighted by atomic mass is 16.5. The molecule has 5 nitrogen and oxygen atoms in total. The number of aliphatic hydroxyl groups is 1. The Hall–Kier alpha value is -1.59. The fourth-order valence-electron chi connectivity index (χ4n) is 1.48. The summed E-state index contributed by atoms with van der Waals surface area (Å²) in [7, 11) is 0. The van der Waals surface area contributed by atoms with Crippen molar-refractivity contribution in [3.8, 4) is 0 Å². The molecule has 19 heavy (non-hydrogen) atoms. The zero-order chi connectivity index (χ0) is 14.3. The average molecular weight is 266 g/mol. The predicted octanol–water partition coefficient (Wildman–Crippen LogP) is 2.12. The van der Waals surface area contributed by atoms with E-state index >= 15 is 0 Å². The number of benzene rings is 1. The third-order valence-electron chi connectivity index (χ3n) is 2.57. The Bertz CT molecular complexity index is 419. The quantitative estimate of drug-likeness (QED) is 0.738. The van der Waals surface area contributed by atoms with Crippen molar-refractivity contribution in [3.63, 3.8) is 0 Å². The second-order valence-electron chi connectivity index (χ2n) is 4.92. The zero-order valence-corrected chi connectivity index (χ0v) is 11.7. The van der Waals surface area contributed by atoms with Crippen molar-refractivity contribution in [1.82, 2.24) is 5.32 Å². The molecular weight excluding hydrogens is 244 g/mol. The van der Waals surface area contributed by atoms with Gasteiger partial charge in [-0.1, -0.05) is 18.2 Å². The van der Waals surface area contributed by atoms with Crippen molar-refractivity contribution in [1.29, 1.82) is 0 Å². The van der Waals surface area contributed by atoms with E-state index in [1.165, 1.54) is 0 Å². The van der Waals surface area contributed by atoms with Crippen molar-refractivity contribution in [3.05, 3.63) is 29.8 Å². The standard InChI is InChI=1S/C14H22N2O3/c1-4-19-9-11-7-5-6-8-12(11)15-13(18)16-14(2,3)10-17/h5-8,17H,4,9-10H2,1-3H3,(H2,15,16,18). The highest BCUT2D eigenvalue weighted by Gasteiger charge is 2.19. The minimum absolute atomic E-state index is 0.124. The number of ether oxygens (including phenoxy) is 1. The van der Waals surface area contributed by atoms with Crippen LogP contribution in [0.15, 0.2) is 24.3 Å². The predicted molar refractivity (Wildman–Crippen MR) is 75.1 cm³/mol. The molecule has 0 spiro atoms. The molecule has 0 atom stereocenters. The van der Waals surface area contributed by atoms with Gasteiger partial charge < -0.3 is 20.5 Å². The fraction of sp³-hybridized carbons (Fsp3) is 0.500. The summed E-state index contributed by atoms with van der Waals surface area (Å²) in [6.45, 7) is 6.37. The molecule has 0 saturated heterocycles. The summed E-state index contributed by atoms with van der Waals surface area (Å²) in [6, 6.07) is 7.13. The van der Waals surface area contributed by atoms with Crippen molar-refractivity contribution in [2.45, 2.75) is 32.9 Å². The molecule has 0 aliphatic heterocycles.